The number of rotatable bonds is 6. The van der Waals surface area contributed by atoms with Gasteiger partial charge in [-0.2, -0.15) is 5.10 Å². The van der Waals surface area contributed by atoms with Crippen LogP contribution in [0.1, 0.15) is 55.9 Å². The maximum atomic E-state index is 12.8. The predicted octanol–water partition coefficient (Wildman–Crippen LogP) is 4.15. The van der Waals surface area contributed by atoms with Crippen LogP contribution in [-0.2, 0) is 0 Å². The molecule has 4 rings (SSSR count). The highest BCUT2D eigenvalue weighted by molar-refractivity contribution is 6.04. The molecule has 0 bridgehead atoms. The molecule has 1 amide bonds. The molecule has 2 heterocycles. The van der Waals surface area contributed by atoms with Crippen molar-refractivity contribution in [2.45, 2.75) is 51.5 Å². The van der Waals surface area contributed by atoms with E-state index in [-0.39, 0.29) is 5.91 Å². The average Bonchev–Trinajstić information content (AvgIpc) is 3.20. The Balaban J connectivity index is 1.53. The van der Waals surface area contributed by atoms with E-state index in [9.17, 15) is 4.79 Å². The van der Waals surface area contributed by atoms with Gasteiger partial charge in [0.1, 0.15) is 17.8 Å². The van der Waals surface area contributed by atoms with Gasteiger partial charge < -0.3 is 10.2 Å². The Labute approximate surface area is 164 Å². The fraction of sp³-hybridized carbons (Fsp3) is 0.429. The van der Waals surface area contributed by atoms with Gasteiger partial charge in [-0.3, -0.25) is 9.89 Å². The first kappa shape index (κ1) is 18.4. The van der Waals surface area contributed by atoms with Crippen LogP contribution in [0.4, 0.5) is 11.5 Å². The van der Waals surface area contributed by atoms with E-state index in [1.807, 2.05) is 24.3 Å². The van der Waals surface area contributed by atoms with Crippen LogP contribution in [0.3, 0.4) is 0 Å². The van der Waals surface area contributed by atoms with E-state index in [1.165, 1.54) is 38.4 Å². The van der Waals surface area contributed by atoms with Crippen LogP contribution < -0.4 is 10.2 Å². The van der Waals surface area contributed by atoms with Crippen molar-refractivity contribution < 1.29 is 4.79 Å². The molecule has 7 heteroatoms. The number of carbonyl (C=O) groups excluding carboxylic acids is 1. The number of aromatic amines is 1. The van der Waals surface area contributed by atoms with E-state index in [1.54, 1.807) is 6.20 Å². The summed E-state index contributed by atoms with van der Waals surface area (Å²) in [6, 6.07) is 7.96. The van der Waals surface area contributed by atoms with Gasteiger partial charge in [-0.05, 0) is 37.5 Å². The van der Waals surface area contributed by atoms with Gasteiger partial charge in [-0.1, -0.05) is 26.2 Å². The van der Waals surface area contributed by atoms with Gasteiger partial charge in [-0.25, -0.2) is 9.97 Å². The number of carbonyl (C=O) groups is 1. The summed E-state index contributed by atoms with van der Waals surface area (Å²) in [5, 5.41) is 10.8. The first-order chi connectivity index (χ1) is 13.7. The number of fused-ring (bicyclic) bond motifs is 1. The van der Waals surface area contributed by atoms with Gasteiger partial charge in [0.15, 0.2) is 0 Å². The van der Waals surface area contributed by atoms with Gasteiger partial charge in [0, 0.05) is 29.7 Å². The summed E-state index contributed by atoms with van der Waals surface area (Å²) in [7, 11) is 0. The number of H-pyrrole nitrogens is 1. The number of anilines is 2. The number of nitrogens with zero attached hydrogens (tertiary/aromatic N) is 4. The van der Waals surface area contributed by atoms with Crippen molar-refractivity contribution in [2.75, 3.05) is 16.8 Å². The van der Waals surface area contributed by atoms with Crippen molar-refractivity contribution in [1.29, 1.82) is 0 Å². The monoisotopic (exact) mass is 378 g/mol. The molecule has 28 heavy (non-hydrogen) atoms. The zero-order valence-electron chi connectivity index (χ0n) is 16.2. The lowest BCUT2D eigenvalue weighted by molar-refractivity contribution is 0.102. The number of aromatic nitrogens is 4. The molecular weight excluding hydrogens is 352 g/mol. The highest BCUT2D eigenvalue weighted by Gasteiger charge is 2.23. The summed E-state index contributed by atoms with van der Waals surface area (Å²) in [4.78, 5) is 23.8. The van der Waals surface area contributed by atoms with Gasteiger partial charge in [0.05, 0.1) is 11.7 Å². The van der Waals surface area contributed by atoms with Crippen molar-refractivity contribution >= 4 is 28.3 Å². The van der Waals surface area contributed by atoms with E-state index in [0.717, 1.165) is 35.4 Å². The van der Waals surface area contributed by atoms with Crippen molar-refractivity contribution in [2.24, 2.45) is 0 Å². The highest BCUT2D eigenvalue weighted by Crippen LogP contribution is 2.27. The third-order valence-corrected chi connectivity index (χ3v) is 5.36. The van der Waals surface area contributed by atoms with E-state index in [2.05, 4.69) is 37.3 Å². The predicted molar refractivity (Wildman–Crippen MR) is 111 cm³/mol. The van der Waals surface area contributed by atoms with E-state index in [0.29, 0.717) is 11.7 Å². The lowest BCUT2D eigenvalue weighted by Gasteiger charge is -2.35. The Kier molecular flexibility index (Phi) is 5.50. The first-order valence-electron chi connectivity index (χ1n) is 10.1. The summed E-state index contributed by atoms with van der Waals surface area (Å²) in [5.41, 5.74) is 2.04. The largest absolute Gasteiger partial charge is 0.354 e. The summed E-state index contributed by atoms with van der Waals surface area (Å²) >= 11 is 0. The molecule has 1 aliphatic carbocycles. The summed E-state index contributed by atoms with van der Waals surface area (Å²) in [5.74, 6) is 0.616. The van der Waals surface area contributed by atoms with E-state index in [4.69, 9.17) is 0 Å². The van der Waals surface area contributed by atoms with Crippen LogP contribution in [-0.4, -0.2) is 38.7 Å². The fourth-order valence-electron chi connectivity index (χ4n) is 3.96. The van der Waals surface area contributed by atoms with Gasteiger partial charge in [0.25, 0.3) is 5.91 Å². The van der Waals surface area contributed by atoms with Crippen LogP contribution in [0.5, 0.6) is 0 Å². The van der Waals surface area contributed by atoms with Crippen molar-refractivity contribution in [3.8, 4) is 0 Å². The van der Waals surface area contributed by atoms with Gasteiger partial charge in [-0.15, -0.1) is 0 Å². The minimum Gasteiger partial charge on any atom is -0.354 e. The molecule has 1 aromatic carbocycles. The van der Waals surface area contributed by atoms with Crippen LogP contribution >= 0.6 is 0 Å². The minimum absolute atomic E-state index is 0.230. The van der Waals surface area contributed by atoms with Crippen LogP contribution in [0.2, 0.25) is 0 Å². The van der Waals surface area contributed by atoms with Crippen LogP contribution in [0.15, 0.2) is 36.8 Å². The molecule has 0 aliphatic heterocycles. The Morgan fingerprint density at radius 3 is 2.89 bits per heavy atom. The molecule has 1 saturated carbocycles. The summed E-state index contributed by atoms with van der Waals surface area (Å²) in [6.07, 6.45) is 10.5. The van der Waals surface area contributed by atoms with Crippen molar-refractivity contribution in [3.63, 3.8) is 0 Å². The topological polar surface area (TPSA) is 86.8 Å². The van der Waals surface area contributed by atoms with E-state index < -0.39 is 0 Å². The van der Waals surface area contributed by atoms with Crippen LogP contribution in [0, 0.1) is 0 Å². The molecule has 0 atom stereocenters. The second kappa shape index (κ2) is 8.37. The molecule has 1 fully saturated rings. The smallest absolute Gasteiger partial charge is 0.274 e. The second-order valence-corrected chi connectivity index (χ2v) is 7.37. The minimum atomic E-state index is -0.230. The Bertz CT molecular complexity index is 947. The molecule has 146 valence electrons. The Morgan fingerprint density at radius 2 is 2.07 bits per heavy atom. The lowest BCUT2D eigenvalue weighted by atomic mass is 9.94. The van der Waals surface area contributed by atoms with E-state index >= 15 is 0 Å². The quantitative estimate of drug-likeness (QED) is 0.673. The van der Waals surface area contributed by atoms with Gasteiger partial charge in [0.2, 0.25) is 0 Å². The molecule has 7 nitrogen and oxygen atoms in total. The number of hydrogen-bond donors (Lipinski definition) is 2. The molecule has 0 unspecified atom stereocenters. The molecule has 0 radical (unpaired) electrons. The van der Waals surface area contributed by atoms with Crippen molar-refractivity contribution in [1.82, 2.24) is 20.2 Å². The SMILES string of the molecule is CCCN(c1cc(C(=O)Nc2ccc3[nH]ncc3c2)ncn1)C1CCCCC1. The zero-order chi connectivity index (χ0) is 19.3. The number of amides is 1. The molecule has 2 aromatic heterocycles. The normalized spacial score (nSPS) is 14.9. The molecule has 0 saturated heterocycles. The Morgan fingerprint density at radius 1 is 1.21 bits per heavy atom. The number of nitrogens with one attached hydrogen (secondary N) is 2. The number of benzene rings is 1. The third-order valence-electron chi connectivity index (χ3n) is 5.36. The fourth-order valence-corrected chi connectivity index (χ4v) is 3.96. The maximum absolute atomic E-state index is 12.8. The van der Waals surface area contributed by atoms with Gasteiger partial charge >= 0.3 is 0 Å². The summed E-state index contributed by atoms with van der Waals surface area (Å²) < 4.78 is 0. The maximum Gasteiger partial charge on any atom is 0.274 e. The molecule has 2 N–H and O–H groups in total. The molecular formula is C21H26N6O. The molecule has 0 spiro atoms. The number of hydrogen-bond acceptors (Lipinski definition) is 5. The zero-order valence-corrected chi connectivity index (χ0v) is 16.2. The highest BCUT2D eigenvalue weighted by atomic mass is 16.1. The molecule has 3 aromatic rings. The third kappa shape index (κ3) is 3.98. The summed E-state index contributed by atoms with van der Waals surface area (Å²) in [6.45, 7) is 3.12. The molecule has 1 aliphatic rings. The van der Waals surface area contributed by atoms with Crippen LogP contribution in [0.25, 0.3) is 10.9 Å². The second-order valence-electron chi connectivity index (χ2n) is 7.37. The Hall–Kier alpha value is -2.96. The average molecular weight is 378 g/mol. The first-order valence-corrected chi connectivity index (χ1v) is 10.1. The standard InChI is InChI=1S/C21H26N6O/c1-2-10-27(17-6-4-3-5-7-17)20-12-19(22-14-23-20)21(28)25-16-8-9-18-15(11-16)13-24-26-18/h8-9,11-14,17H,2-7,10H2,1H3,(H,24,26)(H,25,28). The van der Waals surface area contributed by atoms with Crippen molar-refractivity contribution in [3.05, 3.63) is 42.5 Å². The lowest BCUT2D eigenvalue weighted by Crippen LogP contribution is -2.38.